The van der Waals surface area contributed by atoms with Crippen LogP contribution in [-0.2, 0) is 5.75 Å². The quantitative estimate of drug-likeness (QED) is 0.853. The molecule has 0 spiro atoms. The Morgan fingerprint density at radius 1 is 1.24 bits per heavy atom. The fourth-order valence-electron chi connectivity index (χ4n) is 1.13. The largest absolute Gasteiger partial charge is 0.435 e. The molecule has 0 radical (unpaired) electrons. The third-order valence-corrected chi connectivity index (χ3v) is 3.76. The third kappa shape index (κ3) is 5.37. The van der Waals surface area contributed by atoms with Crippen molar-refractivity contribution in [1.82, 2.24) is 0 Å². The predicted octanol–water partition coefficient (Wildman–Crippen LogP) is 3.29. The molecule has 2 nitrogen and oxygen atoms in total. The van der Waals surface area contributed by atoms with Crippen molar-refractivity contribution in [2.75, 3.05) is 0 Å². The minimum Gasteiger partial charge on any atom is -0.435 e. The zero-order valence-electron chi connectivity index (χ0n) is 9.77. The minimum absolute atomic E-state index is 0.145. The van der Waals surface area contributed by atoms with Gasteiger partial charge in [-0.2, -0.15) is 20.5 Å². The van der Waals surface area contributed by atoms with Crippen LogP contribution >= 0.6 is 11.8 Å². The Morgan fingerprint density at radius 2 is 1.82 bits per heavy atom. The monoisotopic (exact) mass is 262 g/mol. The van der Waals surface area contributed by atoms with Crippen LogP contribution < -0.4 is 4.74 Å². The van der Waals surface area contributed by atoms with Crippen LogP contribution in [0, 0.1) is 0 Å². The molecule has 96 valence electrons. The van der Waals surface area contributed by atoms with E-state index in [1.54, 1.807) is 30.8 Å². The molecule has 1 N–H and O–H groups in total. The van der Waals surface area contributed by atoms with E-state index in [1.807, 2.05) is 6.92 Å². The number of thioether (sulfide) groups is 1. The summed E-state index contributed by atoms with van der Waals surface area (Å²) in [7, 11) is 0. The molecule has 5 heteroatoms. The summed E-state index contributed by atoms with van der Waals surface area (Å²) in [5.41, 5.74) is 1.02. The van der Waals surface area contributed by atoms with E-state index in [9.17, 15) is 13.9 Å². The van der Waals surface area contributed by atoms with Crippen molar-refractivity contribution >= 4 is 11.8 Å². The molecule has 0 unspecified atom stereocenters. The molecule has 0 amide bonds. The Balaban J connectivity index is 2.45. The smallest absolute Gasteiger partial charge is 0.387 e. The number of hydrogen-bond donors (Lipinski definition) is 1. The molecule has 0 aromatic heterocycles. The van der Waals surface area contributed by atoms with Crippen molar-refractivity contribution in [3.63, 3.8) is 0 Å². The van der Waals surface area contributed by atoms with E-state index in [2.05, 4.69) is 4.74 Å². The van der Waals surface area contributed by atoms with Gasteiger partial charge in [-0.1, -0.05) is 19.1 Å². The summed E-state index contributed by atoms with van der Waals surface area (Å²) in [6, 6.07) is 6.54. The maximum atomic E-state index is 11.9. The molecule has 0 aliphatic rings. The number of halogens is 2. The van der Waals surface area contributed by atoms with Gasteiger partial charge in [-0.05, 0) is 24.6 Å². The van der Waals surface area contributed by atoms with Crippen molar-refractivity contribution in [2.24, 2.45) is 0 Å². The van der Waals surface area contributed by atoms with Crippen molar-refractivity contribution in [3.05, 3.63) is 29.8 Å². The Bertz CT molecular complexity index is 328. The first-order valence-electron chi connectivity index (χ1n) is 5.32. The fourth-order valence-corrected chi connectivity index (χ4v) is 2.06. The molecule has 0 fully saturated rings. The summed E-state index contributed by atoms with van der Waals surface area (Å²) in [6.07, 6.45) is -0.360. The van der Waals surface area contributed by atoms with Gasteiger partial charge in [0.15, 0.2) is 0 Å². The summed E-state index contributed by atoms with van der Waals surface area (Å²) < 4.78 is 28.1. The number of hydrogen-bond acceptors (Lipinski definition) is 3. The van der Waals surface area contributed by atoms with Crippen LogP contribution in [0.5, 0.6) is 5.75 Å². The summed E-state index contributed by atoms with van der Waals surface area (Å²) in [5.74, 6) is 0.901. The van der Waals surface area contributed by atoms with Crippen molar-refractivity contribution in [2.45, 2.75) is 37.6 Å². The maximum absolute atomic E-state index is 11.9. The second-order valence-electron chi connectivity index (χ2n) is 3.78. The molecule has 1 aromatic rings. The van der Waals surface area contributed by atoms with Gasteiger partial charge in [-0.3, -0.25) is 0 Å². The first-order chi connectivity index (χ1) is 7.99. The SMILES string of the molecule is C[C@H](SCc1ccc(OC(F)F)cc1)[C@@H](C)O. The Morgan fingerprint density at radius 3 is 2.29 bits per heavy atom. The topological polar surface area (TPSA) is 29.5 Å². The molecule has 0 saturated heterocycles. The number of ether oxygens (including phenoxy) is 1. The van der Waals surface area contributed by atoms with Crippen LogP contribution in [0.25, 0.3) is 0 Å². The maximum Gasteiger partial charge on any atom is 0.387 e. The van der Waals surface area contributed by atoms with Gasteiger partial charge in [-0.25, -0.2) is 0 Å². The standard InChI is InChI=1S/C12H16F2O2S/c1-8(15)9(2)17-7-10-3-5-11(6-4-10)16-12(13)14/h3-6,8-9,12,15H,7H2,1-2H3/t8-,9+/m1/s1. The normalized spacial score (nSPS) is 14.7. The second-order valence-corrected chi connectivity index (χ2v) is 5.14. The lowest BCUT2D eigenvalue weighted by Gasteiger charge is -2.14. The molecule has 1 aromatic carbocycles. The van der Waals surface area contributed by atoms with E-state index < -0.39 is 6.61 Å². The van der Waals surface area contributed by atoms with Crippen LogP contribution in [-0.4, -0.2) is 23.1 Å². The van der Waals surface area contributed by atoms with E-state index >= 15 is 0 Å². The van der Waals surface area contributed by atoms with Gasteiger partial charge < -0.3 is 9.84 Å². The summed E-state index contributed by atoms with van der Waals surface area (Å²) in [4.78, 5) is 0. The molecule has 0 bridgehead atoms. The predicted molar refractivity (Wildman–Crippen MR) is 65.5 cm³/mol. The second kappa shape index (κ2) is 6.81. The summed E-state index contributed by atoms with van der Waals surface area (Å²) in [5, 5.41) is 9.46. The highest BCUT2D eigenvalue weighted by atomic mass is 32.2. The first-order valence-corrected chi connectivity index (χ1v) is 6.37. The zero-order valence-corrected chi connectivity index (χ0v) is 10.6. The van der Waals surface area contributed by atoms with E-state index in [0.29, 0.717) is 0 Å². The molecular weight excluding hydrogens is 246 g/mol. The number of rotatable bonds is 6. The molecule has 0 heterocycles. The van der Waals surface area contributed by atoms with Gasteiger partial charge in [0.25, 0.3) is 0 Å². The van der Waals surface area contributed by atoms with Crippen LogP contribution in [0.4, 0.5) is 8.78 Å². The van der Waals surface area contributed by atoms with E-state index in [4.69, 9.17) is 0 Å². The van der Waals surface area contributed by atoms with E-state index in [1.165, 1.54) is 12.1 Å². The number of aliphatic hydroxyl groups excluding tert-OH is 1. The molecule has 0 saturated carbocycles. The van der Waals surface area contributed by atoms with Gasteiger partial charge >= 0.3 is 6.61 Å². The number of aliphatic hydroxyl groups is 1. The van der Waals surface area contributed by atoms with Gasteiger partial charge in [0.1, 0.15) is 5.75 Å². The number of benzene rings is 1. The fraction of sp³-hybridized carbons (Fsp3) is 0.500. The highest BCUT2D eigenvalue weighted by Crippen LogP contribution is 2.22. The third-order valence-electron chi connectivity index (χ3n) is 2.34. The van der Waals surface area contributed by atoms with Gasteiger partial charge in [0.2, 0.25) is 0 Å². The Kier molecular flexibility index (Phi) is 5.71. The average Bonchev–Trinajstić information content (AvgIpc) is 2.26. The van der Waals surface area contributed by atoms with E-state index in [0.717, 1.165) is 11.3 Å². The highest BCUT2D eigenvalue weighted by Gasteiger charge is 2.09. The van der Waals surface area contributed by atoms with Crippen LogP contribution in [0.3, 0.4) is 0 Å². The number of alkyl halides is 2. The van der Waals surface area contributed by atoms with E-state index in [-0.39, 0.29) is 17.1 Å². The Labute approximate surface area is 104 Å². The van der Waals surface area contributed by atoms with Gasteiger partial charge in [0, 0.05) is 11.0 Å². The molecule has 0 aliphatic heterocycles. The molecule has 0 aliphatic carbocycles. The molecule has 1 rings (SSSR count). The first kappa shape index (κ1) is 14.3. The minimum atomic E-state index is -2.79. The molecule has 17 heavy (non-hydrogen) atoms. The van der Waals surface area contributed by atoms with Gasteiger partial charge in [0.05, 0.1) is 6.10 Å². The molecular formula is C12H16F2O2S. The highest BCUT2D eigenvalue weighted by molar-refractivity contribution is 7.99. The van der Waals surface area contributed by atoms with Crippen LogP contribution in [0.15, 0.2) is 24.3 Å². The van der Waals surface area contributed by atoms with Gasteiger partial charge in [-0.15, -0.1) is 0 Å². The van der Waals surface area contributed by atoms with Crippen molar-refractivity contribution < 1.29 is 18.6 Å². The lowest BCUT2D eigenvalue weighted by Crippen LogP contribution is -2.15. The molecule has 2 atom stereocenters. The van der Waals surface area contributed by atoms with Crippen molar-refractivity contribution in [1.29, 1.82) is 0 Å². The zero-order chi connectivity index (χ0) is 12.8. The Hall–Kier alpha value is -0.810. The summed E-state index contributed by atoms with van der Waals surface area (Å²) >= 11 is 1.62. The van der Waals surface area contributed by atoms with Crippen LogP contribution in [0.1, 0.15) is 19.4 Å². The van der Waals surface area contributed by atoms with Crippen LogP contribution in [0.2, 0.25) is 0 Å². The summed E-state index contributed by atoms with van der Waals surface area (Å²) in [6.45, 7) is 0.909. The van der Waals surface area contributed by atoms with Crippen molar-refractivity contribution in [3.8, 4) is 5.75 Å². The lowest BCUT2D eigenvalue weighted by molar-refractivity contribution is -0.0498. The average molecular weight is 262 g/mol. The lowest BCUT2D eigenvalue weighted by atomic mass is 10.2.